The van der Waals surface area contributed by atoms with Gasteiger partial charge in [-0.15, -0.1) is 11.3 Å². The zero-order valence-electron chi connectivity index (χ0n) is 12.4. The molecule has 0 spiro atoms. The fourth-order valence-corrected chi connectivity index (χ4v) is 3.50. The molecule has 0 unspecified atom stereocenters. The number of nitrogens with zero attached hydrogens (tertiary/aromatic N) is 1. The third-order valence-electron chi connectivity index (χ3n) is 4.05. The number of rotatable bonds is 5. The molecule has 0 atom stereocenters. The lowest BCUT2D eigenvalue weighted by Gasteiger charge is -2.22. The molecule has 1 saturated carbocycles. The average Bonchev–Trinajstić information content (AvgIpc) is 3.20. The summed E-state index contributed by atoms with van der Waals surface area (Å²) in [6.07, 6.45) is 2.67. The Kier molecular flexibility index (Phi) is 3.65. The van der Waals surface area contributed by atoms with Gasteiger partial charge in [-0.1, -0.05) is 30.3 Å². The molecule has 3 heteroatoms. The summed E-state index contributed by atoms with van der Waals surface area (Å²) < 4.78 is 0. The van der Waals surface area contributed by atoms with E-state index in [1.54, 1.807) is 0 Å². The van der Waals surface area contributed by atoms with Crippen molar-refractivity contribution >= 4 is 11.3 Å². The van der Waals surface area contributed by atoms with E-state index < -0.39 is 0 Å². The molecule has 106 valence electrons. The molecule has 0 aliphatic heterocycles. The zero-order chi connectivity index (χ0) is 14.2. The van der Waals surface area contributed by atoms with Gasteiger partial charge < -0.3 is 5.32 Å². The highest BCUT2D eigenvalue weighted by Crippen LogP contribution is 2.35. The molecule has 1 aliphatic rings. The minimum atomic E-state index is -0.0193. The fourth-order valence-electron chi connectivity index (χ4n) is 2.36. The van der Waals surface area contributed by atoms with E-state index in [2.05, 4.69) is 56.4 Å². The van der Waals surface area contributed by atoms with Crippen LogP contribution in [0.25, 0.3) is 0 Å². The van der Waals surface area contributed by atoms with Crippen LogP contribution in [-0.2, 0) is 12.0 Å². The fraction of sp³-hybridized carbons (Fsp3) is 0.471. The molecule has 1 fully saturated rings. The van der Waals surface area contributed by atoms with E-state index in [4.69, 9.17) is 4.98 Å². The third-order valence-corrected chi connectivity index (χ3v) is 5.53. The van der Waals surface area contributed by atoms with Crippen molar-refractivity contribution in [3.63, 3.8) is 0 Å². The third kappa shape index (κ3) is 2.79. The molecule has 20 heavy (non-hydrogen) atoms. The van der Waals surface area contributed by atoms with Gasteiger partial charge in [0.25, 0.3) is 0 Å². The van der Waals surface area contributed by atoms with Crippen molar-refractivity contribution in [2.45, 2.75) is 51.6 Å². The molecule has 3 rings (SSSR count). The Morgan fingerprint density at radius 3 is 2.60 bits per heavy atom. The minimum absolute atomic E-state index is 0.0193. The molecular formula is C17H22N2S. The van der Waals surface area contributed by atoms with Crippen LogP contribution in [0.4, 0.5) is 0 Å². The van der Waals surface area contributed by atoms with Crippen LogP contribution in [0.1, 0.15) is 47.8 Å². The van der Waals surface area contributed by atoms with E-state index in [1.807, 2.05) is 11.3 Å². The summed E-state index contributed by atoms with van der Waals surface area (Å²) in [5.74, 6) is 0. The largest absolute Gasteiger partial charge is 0.309 e. The van der Waals surface area contributed by atoms with Gasteiger partial charge in [-0.05, 0) is 39.2 Å². The Bertz CT molecular complexity index is 582. The highest BCUT2D eigenvalue weighted by atomic mass is 32.1. The Morgan fingerprint density at radius 2 is 1.95 bits per heavy atom. The topological polar surface area (TPSA) is 24.9 Å². The summed E-state index contributed by atoms with van der Waals surface area (Å²) >= 11 is 1.86. The second-order valence-electron chi connectivity index (χ2n) is 6.17. The predicted molar refractivity (Wildman–Crippen MR) is 85.3 cm³/mol. The summed E-state index contributed by atoms with van der Waals surface area (Å²) in [4.78, 5) is 6.22. The van der Waals surface area contributed by atoms with Crippen LogP contribution in [-0.4, -0.2) is 11.0 Å². The second kappa shape index (κ2) is 5.30. The first kappa shape index (κ1) is 13.8. The van der Waals surface area contributed by atoms with Gasteiger partial charge in [0.05, 0.1) is 5.69 Å². The van der Waals surface area contributed by atoms with Crippen LogP contribution in [0.5, 0.6) is 0 Å². The monoisotopic (exact) mass is 286 g/mol. The van der Waals surface area contributed by atoms with Crippen LogP contribution in [0.3, 0.4) is 0 Å². The first-order chi connectivity index (χ1) is 9.57. The lowest BCUT2D eigenvalue weighted by atomic mass is 9.85. The number of nitrogens with one attached hydrogen (secondary N) is 1. The van der Waals surface area contributed by atoms with Crippen LogP contribution in [0.2, 0.25) is 0 Å². The molecule has 2 nitrogen and oxygen atoms in total. The average molecular weight is 286 g/mol. The summed E-state index contributed by atoms with van der Waals surface area (Å²) in [7, 11) is 0. The van der Waals surface area contributed by atoms with Crippen molar-refractivity contribution < 1.29 is 0 Å². The van der Waals surface area contributed by atoms with Crippen molar-refractivity contribution in [2.75, 3.05) is 0 Å². The minimum Gasteiger partial charge on any atom is -0.309 e. The summed E-state index contributed by atoms with van der Waals surface area (Å²) in [6, 6.07) is 11.4. The molecule has 1 aliphatic carbocycles. The van der Waals surface area contributed by atoms with Crippen molar-refractivity contribution in [1.82, 2.24) is 10.3 Å². The quantitative estimate of drug-likeness (QED) is 0.897. The van der Waals surface area contributed by atoms with Crippen LogP contribution < -0.4 is 5.32 Å². The van der Waals surface area contributed by atoms with Gasteiger partial charge in [-0.3, -0.25) is 0 Å². The predicted octanol–water partition coefficient (Wildman–Crippen LogP) is 4.03. The standard InChI is InChI=1S/C17H22N2S/c1-12-15(11-18-14-9-10-14)20-16(19-12)17(2,3)13-7-5-4-6-8-13/h4-8,14,18H,9-11H2,1-3H3. The number of aromatic nitrogens is 1. The molecule has 1 N–H and O–H groups in total. The first-order valence-corrected chi connectivity index (χ1v) is 8.14. The summed E-state index contributed by atoms with van der Waals surface area (Å²) in [5.41, 5.74) is 2.49. The van der Waals surface area contributed by atoms with Gasteiger partial charge in [0, 0.05) is 22.9 Å². The van der Waals surface area contributed by atoms with Gasteiger partial charge >= 0.3 is 0 Å². The van der Waals surface area contributed by atoms with E-state index >= 15 is 0 Å². The maximum absolute atomic E-state index is 4.84. The number of hydrogen-bond acceptors (Lipinski definition) is 3. The van der Waals surface area contributed by atoms with E-state index in [0.29, 0.717) is 0 Å². The molecule has 0 amide bonds. The van der Waals surface area contributed by atoms with Gasteiger partial charge in [-0.2, -0.15) is 0 Å². The highest BCUT2D eigenvalue weighted by Gasteiger charge is 2.28. The first-order valence-electron chi connectivity index (χ1n) is 7.33. The van der Waals surface area contributed by atoms with Crippen molar-refractivity contribution in [3.8, 4) is 0 Å². The normalized spacial score (nSPS) is 15.6. The molecule has 2 aromatic rings. The van der Waals surface area contributed by atoms with E-state index in [9.17, 15) is 0 Å². The van der Waals surface area contributed by atoms with Crippen LogP contribution in [0, 0.1) is 6.92 Å². The van der Waals surface area contributed by atoms with Crippen molar-refractivity contribution in [2.24, 2.45) is 0 Å². The number of aryl methyl sites for hydroxylation is 1. The van der Waals surface area contributed by atoms with E-state index in [-0.39, 0.29) is 5.41 Å². The van der Waals surface area contributed by atoms with Crippen LogP contribution >= 0.6 is 11.3 Å². The molecule has 1 heterocycles. The zero-order valence-corrected chi connectivity index (χ0v) is 13.3. The molecule has 1 aromatic carbocycles. The summed E-state index contributed by atoms with van der Waals surface area (Å²) in [5, 5.41) is 4.81. The Hall–Kier alpha value is -1.19. The molecule has 1 aromatic heterocycles. The summed E-state index contributed by atoms with van der Waals surface area (Å²) in [6.45, 7) is 7.63. The van der Waals surface area contributed by atoms with Crippen molar-refractivity contribution in [3.05, 3.63) is 51.5 Å². The van der Waals surface area contributed by atoms with Crippen molar-refractivity contribution in [1.29, 1.82) is 0 Å². The maximum Gasteiger partial charge on any atom is 0.103 e. The molecule has 0 saturated heterocycles. The second-order valence-corrected chi connectivity index (χ2v) is 7.26. The van der Waals surface area contributed by atoms with E-state index in [1.165, 1.54) is 34.0 Å². The SMILES string of the molecule is Cc1nc(C(C)(C)c2ccccc2)sc1CNC1CC1. The molecular weight excluding hydrogens is 264 g/mol. The van der Waals surface area contributed by atoms with Gasteiger partial charge in [0.1, 0.15) is 5.01 Å². The lowest BCUT2D eigenvalue weighted by molar-refractivity contribution is 0.633. The van der Waals surface area contributed by atoms with Gasteiger partial charge in [0.2, 0.25) is 0 Å². The Balaban J connectivity index is 1.83. The van der Waals surface area contributed by atoms with Gasteiger partial charge in [-0.25, -0.2) is 4.98 Å². The lowest BCUT2D eigenvalue weighted by Crippen LogP contribution is -2.18. The molecule has 0 radical (unpaired) electrons. The number of hydrogen-bond donors (Lipinski definition) is 1. The van der Waals surface area contributed by atoms with Crippen LogP contribution in [0.15, 0.2) is 30.3 Å². The van der Waals surface area contributed by atoms with E-state index in [0.717, 1.165) is 12.6 Å². The van der Waals surface area contributed by atoms with Gasteiger partial charge in [0.15, 0.2) is 0 Å². The number of thiazole rings is 1. The smallest absolute Gasteiger partial charge is 0.103 e. The maximum atomic E-state index is 4.84. The Morgan fingerprint density at radius 1 is 1.25 bits per heavy atom. The highest BCUT2D eigenvalue weighted by molar-refractivity contribution is 7.11. The number of benzene rings is 1. The molecule has 0 bridgehead atoms. The Labute approximate surface area is 125 Å².